The van der Waals surface area contributed by atoms with Crippen molar-refractivity contribution in [3.8, 4) is 0 Å². The molecule has 1 aliphatic rings. The van der Waals surface area contributed by atoms with Crippen LogP contribution in [0.5, 0.6) is 0 Å². The Kier molecular flexibility index (Phi) is 4.07. The van der Waals surface area contributed by atoms with Gasteiger partial charge in [0.05, 0.1) is 11.4 Å². The molecule has 1 saturated heterocycles. The van der Waals surface area contributed by atoms with Crippen molar-refractivity contribution in [3.05, 3.63) is 23.6 Å². The van der Waals surface area contributed by atoms with Crippen LogP contribution in [0.4, 0.5) is 10.1 Å². The number of nitrogens with zero attached hydrogens (tertiary/aromatic N) is 3. The lowest BCUT2D eigenvalue weighted by Crippen LogP contribution is -2.34. The van der Waals surface area contributed by atoms with Crippen LogP contribution in [-0.2, 0) is 0 Å². The van der Waals surface area contributed by atoms with Crippen molar-refractivity contribution in [2.75, 3.05) is 44.2 Å². The highest BCUT2D eigenvalue weighted by Crippen LogP contribution is 2.28. The van der Waals surface area contributed by atoms with Crippen molar-refractivity contribution < 1.29 is 8.91 Å². The average Bonchev–Trinajstić information content (AvgIpc) is 2.69. The molecule has 0 atom stereocenters. The van der Waals surface area contributed by atoms with Gasteiger partial charge in [-0.1, -0.05) is 5.16 Å². The predicted molar refractivity (Wildman–Crippen MR) is 81.0 cm³/mol. The molecule has 0 amide bonds. The molecular weight excluding hydrogens is 271 g/mol. The fourth-order valence-corrected chi connectivity index (χ4v) is 2.93. The molecule has 2 aromatic rings. The van der Waals surface area contributed by atoms with E-state index in [9.17, 15) is 4.39 Å². The number of benzene rings is 1. The Morgan fingerprint density at radius 1 is 1.29 bits per heavy atom. The summed E-state index contributed by atoms with van der Waals surface area (Å²) in [4.78, 5) is 4.44. The normalized spacial score (nSPS) is 17.4. The van der Waals surface area contributed by atoms with Crippen LogP contribution < -0.4 is 10.6 Å². The molecule has 5 nitrogen and oxygen atoms in total. The van der Waals surface area contributed by atoms with E-state index in [-0.39, 0.29) is 5.82 Å². The summed E-state index contributed by atoms with van der Waals surface area (Å²) in [7, 11) is 0. The van der Waals surface area contributed by atoms with Crippen LogP contribution in [-0.4, -0.2) is 49.3 Å². The first-order chi connectivity index (χ1) is 10.2. The average molecular weight is 292 g/mol. The molecule has 1 aromatic carbocycles. The van der Waals surface area contributed by atoms with E-state index in [1.165, 1.54) is 6.07 Å². The highest BCUT2D eigenvalue weighted by Gasteiger charge is 2.19. The second-order valence-corrected chi connectivity index (χ2v) is 5.54. The Bertz CT molecular complexity index is 627. The zero-order chi connectivity index (χ0) is 14.8. The summed E-state index contributed by atoms with van der Waals surface area (Å²) >= 11 is 0. The molecule has 0 aliphatic carbocycles. The molecule has 1 fully saturated rings. The van der Waals surface area contributed by atoms with E-state index in [0.29, 0.717) is 17.8 Å². The molecule has 1 aliphatic heterocycles. The third kappa shape index (κ3) is 2.87. The lowest BCUT2D eigenvalue weighted by molar-refractivity contribution is 0.302. The standard InChI is InChI=1S/C15H21FN4O/c1-11-12-9-14(13(16)10-15(12)21-18-11)20-5-2-4-19(6-3-17)7-8-20/h9-10H,2-8,17H2,1H3. The highest BCUT2D eigenvalue weighted by atomic mass is 19.1. The molecule has 3 rings (SSSR count). The van der Waals surface area contributed by atoms with Crippen molar-refractivity contribution in [1.82, 2.24) is 10.1 Å². The van der Waals surface area contributed by atoms with Crippen LogP contribution in [0, 0.1) is 12.7 Å². The molecule has 0 unspecified atom stereocenters. The van der Waals surface area contributed by atoms with Gasteiger partial charge in [0.2, 0.25) is 0 Å². The van der Waals surface area contributed by atoms with Crippen molar-refractivity contribution >= 4 is 16.7 Å². The Labute approximate surface area is 123 Å². The topological polar surface area (TPSA) is 58.5 Å². The summed E-state index contributed by atoms with van der Waals surface area (Å²) in [5.41, 5.74) is 7.56. The SMILES string of the molecule is Cc1noc2cc(F)c(N3CCCN(CCN)CC3)cc12. The highest BCUT2D eigenvalue weighted by molar-refractivity contribution is 5.83. The van der Waals surface area contributed by atoms with Gasteiger partial charge in [0.15, 0.2) is 5.58 Å². The summed E-state index contributed by atoms with van der Waals surface area (Å²) in [5, 5.41) is 4.78. The number of fused-ring (bicyclic) bond motifs is 1. The van der Waals surface area contributed by atoms with Crippen LogP contribution >= 0.6 is 0 Å². The van der Waals surface area contributed by atoms with Gasteiger partial charge in [0.1, 0.15) is 5.82 Å². The number of nitrogens with two attached hydrogens (primary N) is 1. The van der Waals surface area contributed by atoms with Gasteiger partial charge in [-0.25, -0.2) is 4.39 Å². The Morgan fingerprint density at radius 2 is 2.14 bits per heavy atom. The van der Waals surface area contributed by atoms with Crippen molar-refractivity contribution in [2.45, 2.75) is 13.3 Å². The van der Waals surface area contributed by atoms with Gasteiger partial charge >= 0.3 is 0 Å². The van der Waals surface area contributed by atoms with E-state index in [1.54, 1.807) is 0 Å². The maximum absolute atomic E-state index is 14.3. The molecule has 21 heavy (non-hydrogen) atoms. The second kappa shape index (κ2) is 5.99. The van der Waals surface area contributed by atoms with Crippen LogP contribution in [0.25, 0.3) is 11.0 Å². The molecule has 0 bridgehead atoms. The van der Waals surface area contributed by atoms with Crippen molar-refractivity contribution in [3.63, 3.8) is 0 Å². The number of rotatable bonds is 3. The van der Waals surface area contributed by atoms with E-state index in [0.717, 1.165) is 50.2 Å². The van der Waals surface area contributed by atoms with Gasteiger partial charge in [-0.2, -0.15) is 0 Å². The first-order valence-corrected chi connectivity index (χ1v) is 7.42. The van der Waals surface area contributed by atoms with Gasteiger partial charge < -0.3 is 20.1 Å². The first kappa shape index (κ1) is 14.3. The lowest BCUT2D eigenvalue weighted by atomic mass is 10.1. The zero-order valence-corrected chi connectivity index (χ0v) is 12.3. The summed E-state index contributed by atoms with van der Waals surface area (Å²) in [6.45, 7) is 7.04. The number of halogens is 1. The number of aryl methyl sites for hydroxylation is 1. The number of hydrogen-bond donors (Lipinski definition) is 1. The predicted octanol–water partition coefficient (Wildman–Crippen LogP) is 1.75. The number of anilines is 1. The molecule has 2 heterocycles. The van der Waals surface area contributed by atoms with Crippen LogP contribution in [0.15, 0.2) is 16.7 Å². The smallest absolute Gasteiger partial charge is 0.170 e. The van der Waals surface area contributed by atoms with Gasteiger partial charge in [-0.15, -0.1) is 0 Å². The van der Waals surface area contributed by atoms with Gasteiger partial charge in [0.25, 0.3) is 0 Å². The molecule has 2 N–H and O–H groups in total. The van der Waals surface area contributed by atoms with E-state index in [4.69, 9.17) is 10.3 Å². The molecule has 0 radical (unpaired) electrons. The summed E-state index contributed by atoms with van der Waals surface area (Å²) < 4.78 is 19.4. The lowest BCUT2D eigenvalue weighted by Gasteiger charge is -2.24. The maximum Gasteiger partial charge on any atom is 0.170 e. The monoisotopic (exact) mass is 292 g/mol. The van der Waals surface area contributed by atoms with Gasteiger partial charge in [0, 0.05) is 44.2 Å². The minimum absolute atomic E-state index is 0.245. The Balaban J connectivity index is 1.85. The summed E-state index contributed by atoms with van der Waals surface area (Å²) in [6.07, 6.45) is 1.01. The summed E-state index contributed by atoms with van der Waals surface area (Å²) in [6, 6.07) is 3.29. The molecular formula is C15H21FN4O. The van der Waals surface area contributed by atoms with Crippen LogP contribution in [0.3, 0.4) is 0 Å². The fourth-order valence-electron chi connectivity index (χ4n) is 2.93. The minimum Gasteiger partial charge on any atom is -0.368 e. The Hall–Kier alpha value is -1.66. The molecule has 114 valence electrons. The Morgan fingerprint density at radius 3 is 2.95 bits per heavy atom. The van der Waals surface area contributed by atoms with Crippen molar-refractivity contribution in [2.24, 2.45) is 5.73 Å². The zero-order valence-electron chi connectivity index (χ0n) is 12.3. The first-order valence-electron chi connectivity index (χ1n) is 7.42. The molecule has 0 saturated carbocycles. The second-order valence-electron chi connectivity index (χ2n) is 5.54. The molecule has 1 aromatic heterocycles. The third-order valence-corrected chi connectivity index (χ3v) is 4.09. The molecule has 0 spiro atoms. The van der Waals surface area contributed by atoms with Crippen LogP contribution in [0.2, 0.25) is 0 Å². The van der Waals surface area contributed by atoms with Gasteiger partial charge in [-0.05, 0) is 26.0 Å². The van der Waals surface area contributed by atoms with E-state index >= 15 is 0 Å². The quantitative estimate of drug-likeness (QED) is 0.934. The van der Waals surface area contributed by atoms with E-state index in [1.807, 2.05) is 13.0 Å². The van der Waals surface area contributed by atoms with Crippen molar-refractivity contribution in [1.29, 1.82) is 0 Å². The van der Waals surface area contributed by atoms with E-state index < -0.39 is 0 Å². The molecule has 6 heteroatoms. The largest absolute Gasteiger partial charge is 0.368 e. The summed E-state index contributed by atoms with van der Waals surface area (Å²) in [5.74, 6) is -0.245. The minimum atomic E-state index is -0.245. The van der Waals surface area contributed by atoms with Gasteiger partial charge in [-0.3, -0.25) is 0 Å². The fraction of sp³-hybridized carbons (Fsp3) is 0.533. The van der Waals surface area contributed by atoms with Crippen LogP contribution in [0.1, 0.15) is 12.1 Å². The number of hydrogen-bond acceptors (Lipinski definition) is 5. The maximum atomic E-state index is 14.3. The van der Waals surface area contributed by atoms with E-state index in [2.05, 4.69) is 15.0 Å². The number of aromatic nitrogens is 1. The third-order valence-electron chi connectivity index (χ3n) is 4.09.